The number of amides is 2. The fourth-order valence-electron chi connectivity index (χ4n) is 2.90. The number of benzene rings is 3. The van der Waals surface area contributed by atoms with Crippen LogP contribution in [0.2, 0.25) is 0 Å². The van der Waals surface area contributed by atoms with Gasteiger partial charge in [-0.15, -0.1) is 0 Å². The lowest BCUT2D eigenvalue weighted by atomic mass is 10.1. The van der Waals surface area contributed by atoms with Gasteiger partial charge in [0, 0.05) is 23.0 Å². The van der Waals surface area contributed by atoms with Crippen molar-refractivity contribution >= 4 is 33.3 Å². The van der Waals surface area contributed by atoms with Crippen molar-refractivity contribution in [2.45, 2.75) is 17.9 Å². The summed E-state index contributed by atoms with van der Waals surface area (Å²) in [5.74, 6) is -0.518. The van der Waals surface area contributed by atoms with E-state index < -0.39 is 27.9 Å². The Labute approximate surface area is 185 Å². The van der Waals surface area contributed by atoms with Crippen LogP contribution in [0.1, 0.15) is 24.1 Å². The second-order valence-corrected chi connectivity index (χ2v) is 8.71. The molecule has 0 saturated heterocycles. The zero-order valence-electron chi connectivity index (χ0n) is 17.1. The normalized spacial score (nSPS) is 12.1. The number of hydrogen-bond donors (Lipinski definition) is 5. The first-order chi connectivity index (χ1) is 15.1. The number of halogens is 1. The van der Waals surface area contributed by atoms with Crippen LogP contribution in [0.3, 0.4) is 0 Å². The molecule has 0 aliphatic rings. The Bertz CT molecular complexity index is 1230. The fourth-order valence-corrected chi connectivity index (χ4v) is 4.13. The third kappa shape index (κ3) is 5.90. The molecule has 1 unspecified atom stereocenters. The SMILES string of the molecule is CC(NS(=O)(=O)c1ccc(NC(=O)Nc2cccc(C(=N)N)c2)cc1)c1ccc(F)cc1. The van der Waals surface area contributed by atoms with Crippen molar-refractivity contribution in [1.29, 1.82) is 5.41 Å². The second kappa shape index (κ2) is 9.58. The zero-order valence-corrected chi connectivity index (χ0v) is 17.9. The van der Waals surface area contributed by atoms with E-state index in [1.165, 1.54) is 48.5 Å². The van der Waals surface area contributed by atoms with Crippen LogP contribution in [0.15, 0.2) is 77.7 Å². The zero-order chi connectivity index (χ0) is 23.3. The summed E-state index contributed by atoms with van der Waals surface area (Å²) >= 11 is 0. The van der Waals surface area contributed by atoms with E-state index in [1.807, 2.05) is 0 Å². The lowest BCUT2D eigenvalue weighted by Crippen LogP contribution is -2.27. The first-order valence-corrected chi connectivity index (χ1v) is 11.0. The number of nitrogens with two attached hydrogens (primary N) is 1. The van der Waals surface area contributed by atoms with Crippen molar-refractivity contribution in [3.8, 4) is 0 Å². The summed E-state index contributed by atoms with van der Waals surface area (Å²) in [7, 11) is -3.83. The maximum absolute atomic E-state index is 13.1. The van der Waals surface area contributed by atoms with Gasteiger partial charge in [0.2, 0.25) is 10.0 Å². The average Bonchev–Trinajstić information content (AvgIpc) is 2.74. The number of hydrogen-bond acceptors (Lipinski definition) is 4. The summed E-state index contributed by atoms with van der Waals surface area (Å²) in [4.78, 5) is 12.2. The molecule has 6 N–H and O–H groups in total. The van der Waals surface area contributed by atoms with Crippen LogP contribution in [0, 0.1) is 11.2 Å². The number of carbonyl (C=O) groups excluding carboxylic acids is 1. The van der Waals surface area contributed by atoms with Gasteiger partial charge in [0.05, 0.1) is 4.90 Å². The van der Waals surface area contributed by atoms with Crippen LogP contribution >= 0.6 is 0 Å². The van der Waals surface area contributed by atoms with Crippen LogP contribution in [-0.2, 0) is 10.0 Å². The average molecular weight is 456 g/mol. The van der Waals surface area contributed by atoms with Gasteiger partial charge in [-0.3, -0.25) is 5.41 Å². The number of anilines is 2. The minimum absolute atomic E-state index is 0.0200. The highest BCUT2D eigenvalue weighted by atomic mass is 32.2. The third-order valence-corrected chi connectivity index (χ3v) is 6.11. The molecule has 10 heteroatoms. The fraction of sp³-hybridized carbons (Fsp3) is 0.0909. The first-order valence-electron chi connectivity index (χ1n) is 9.54. The van der Waals surface area contributed by atoms with Crippen LogP contribution in [0.25, 0.3) is 0 Å². The molecule has 166 valence electrons. The smallest absolute Gasteiger partial charge is 0.323 e. The maximum atomic E-state index is 13.1. The van der Waals surface area contributed by atoms with E-state index in [1.54, 1.807) is 31.2 Å². The molecule has 1 atom stereocenters. The topological polar surface area (TPSA) is 137 Å². The Hall–Kier alpha value is -3.76. The molecular weight excluding hydrogens is 433 g/mol. The van der Waals surface area contributed by atoms with E-state index in [9.17, 15) is 17.6 Å². The number of amidine groups is 1. The van der Waals surface area contributed by atoms with E-state index in [4.69, 9.17) is 11.1 Å². The molecular formula is C22H22FN5O3S. The number of rotatable bonds is 7. The Balaban J connectivity index is 1.63. The maximum Gasteiger partial charge on any atom is 0.323 e. The molecule has 3 rings (SSSR count). The van der Waals surface area contributed by atoms with Gasteiger partial charge in [-0.2, -0.15) is 0 Å². The lowest BCUT2D eigenvalue weighted by molar-refractivity contribution is 0.262. The van der Waals surface area contributed by atoms with Gasteiger partial charge in [-0.25, -0.2) is 22.3 Å². The van der Waals surface area contributed by atoms with Crippen molar-refractivity contribution in [3.05, 3.63) is 89.7 Å². The molecule has 0 radical (unpaired) electrons. The molecule has 0 fully saturated rings. The van der Waals surface area contributed by atoms with Gasteiger partial charge < -0.3 is 16.4 Å². The predicted molar refractivity (Wildman–Crippen MR) is 122 cm³/mol. The highest BCUT2D eigenvalue weighted by molar-refractivity contribution is 7.89. The van der Waals surface area contributed by atoms with Crippen molar-refractivity contribution in [2.24, 2.45) is 5.73 Å². The van der Waals surface area contributed by atoms with Gasteiger partial charge >= 0.3 is 6.03 Å². The van der Waals surface area contributed by atoms with Crippen LogP contribution < -0.4 is 21.1 Å². The van der Waals surface area contributed by atoms with Crippen molar-refractivity contribution < 1.29 is 17.6 Å². The van der Waals surface area contributed by atoms with E-state index in [0.29, 0.717) is 22.5 Å². The Morgan fingerprint density at radius 3 is 2.22 bits per heavy atom. The predicted octanol–water partition coefficient (Wildman–Crippen LogP) is 3.79. The molecule has 3 aromatic carbocycles. The molecule has 0 aromatic heterocycles. The molecule has 0 aliphatic heterocycles. The number of nitrogens with one attached hydrogen (secondary N) is 4. The summed E-state index contributed by atoms with van der Waals surface area (Å²) in [6.45, 7) is 1.66. The van der Waals surface area contributed by atoms with E-state index >= 15 is 0 Å². The van der Waals surface area contributed by atoms with Gasteiger partial charge in [0.1, 0.15) is 11.7 Å². The molecule has 32 heavy (non-hydrogen) atoms. The van der Waals surface area contributed by atoms with E-state index in [-0.39, 0.29) is 10.7 Å². The van der Waals surface area contributed by atoms with Crippen molar-refractivity contribution in [3.63, 3.8) is 0 Å². The molecule has 3 aromatic rings. The molecule has 2 amide bonds. The summed E-state index contributed by atoms with van der Waals surface area (Å²) in [5.41, 5.74) is 7.37. The minimum atomic E-state index is -3.83. The van der Waals surface area contributed by atoms with Gasteiger partial charge in [0.25, 0.3) is 0 Å². The number of urea groups is 1. The number of sulfonamides is 1. The summed E-state index contributed by atoms with van der Waals surface area (Å²) < 4.78 is 40.9. The molecule has 0 saturated carbocycles. The highest BCUT2D eigenvalue weighted by Crippen LogP contribution is 2.19. The first kappa shape index (κ1) is 22.9. The van der Waals surface area contributed by atoms with E-state index in [2.05, 4.69) is 15.4 Å². The van der Waals surface area contributed by atoms with Gasteiger partial charge in [-0.1, -0.05) is 24.3 Å². The monoisotopic (exact) mass is 455 g/mol. The number of nitrogen functional groups attached to an aromatic ring is 1. The molecule has 0 heterocycles. The lowest BCUT2D eigenvalue weighted by Gasteiger charge is -2.15. The second-order valence-electron chi connectivity index (χ2n) is 6.99. The van der Waals surface area contributed by atoms with Gasteiger partial charge in [-0.05, 0) is 61.0 Å². The quantitative estimate of drug-likeness (QED) is 0.273. The van der Waals surface area contributed by atoms with Gasteiger partial charge in [0.15, 0.2) is 0 Å². The standard InChI is InChI=1S/C22H22FN5O3S/c1-14(15-5-7-17(23)8-6-15)28-32(30,31)20-11-9-18(10-12-20)26-22(29)27-19-4-2-3-16(13-19)21(24)25/h2-14,28H,1H3,(H3,24,25)(H2,26,27,29). The third-order valence-electron chi connectivity index (χ3n) is 4.56. The van der Waals surface area contributed by atoms with Crippen LogP contribution in [-0.4, -0.2) is 20.3 Å². The molecule has 8 nitrogen and oxygen atoms in total. The largest absolute Gasteiger partial charge is 0.384 e. The Morgan fingerprint density at radius 1 is 0.969 bits per heavy atom. The van der Waals surface area contributed by atoms with Crippen molar-refractivity contribution in [1.82, 2.24) is 4.72 Å². The molecule has 0 spiro atoms. The highest BCUT2D eigenvalue weighted by Gasteiger charge is 2.18. The van der Waals surface area contributed by atoms with Crippen molar-refractivity contribution in [2.75, 3.05) is 10.6 Å². The summed E-state index contributed by atoms with van der Waals surface area (Å²) in [5, 5.41) is 12.7. The minimum Gasteiger partial charge on any atom is -0.384 e. The van der Waals surface area contributed by atoms with E-state index in [0.717, 1.165) is 0 Å². The number of carbonyl (C=O) groups is 1. The van der Waals surface area contributed by atoms with Crippen LogP contribution in [0.4, 0.5) is 20.6 Å². The summed E-state index contributed by atoms with van der Waals surface area (Å²) in [6.07, 6.45) is 0. The summed E-state index contributed by atoms with van der Waals surface area (Å²) in [6, 6.07) is 16.6. The Morgan fingerprint density at radius 2 is 1.59 bits per heavy atom. The van der Waals surface area contributed by atoms with Crippen LogP contribution in [0.5, 0.6) is 0 Å². The molecule has 0 aliphatic carbocycles. The molecule has 0 bridgehead atoms. The Kier molecular flexibility index (Phi) is 6.86.